The number of nitrogens with two attached hydrogens (primary N) is 1. The van der Waals surface area contributed by atoms with E-state index in [1.807, 2.05) is 6.92 Å². The monoisotopic (exact) mass is 315 g/mol. The molecule has 96 valence electrons. The summed E-state index contributed by atoms with van der Waals surface area (Å²) in [4.78, 5) is 0. The highest BCUT2D eigenvalue weighted by molar-refractivity contribution is 9.10. The van der Waals surface area contributed by atoms with Crippen LogP contribution in [-0.4, -0.2) is 0 Å². The van der Waals surface area contributed by atoms with Crippen LogP contribution in [0.2, 0.25) is 0 Å². The molecule has 5 heteroatoms. The molecule has 1 unspecified atom stereocenters. The van der Waals surface area contributed by atoms with Gasteiger partial charge in [0.05, 0.1) is 10.5 Å². The van der Waals surface area contributed by atoms with Crippen LogP contribution in [0.25, 0.3) is 0 Å². The van der Waals surface area contributed by atoms with Crippen molar-refractivity contribution in [1.82, 2.24) is 0 Å². The molecule has 2 aromatic rings. The first kappa shape index (κ1) is 13.2. The Bertz CT molecular complexity index is 568. The maximum Gasteiger partial charge on any atom is 0.145 e. The van der Waals surface area contributed by atoms with Gasteiger partial charge in [-0.15, -0.1) is 0 Å². The number of furan rings is 1. The predicted molar refractivity (Wildman–Crippen MR) is 68.2 cm³/mol. The quantitative estimate of drug-likeness (QED) is 0.872. The molecule has 0 fully saturated rings. The standard InChI is InChI=1S/C13H12BrF2NO/c1-2-7-3-6-10(18-7)13(17)11-9(15)5-4-8(14)12(11)16/h3-6,13H,2,17H2,1H3. The fourth-order valence-corrected chi connectivity index (χ4v) is 2.07. The molecule has 0 aliphatic heterocycles. The summed E-state index contributed by atoms with van der Waals surface area (Å²) >= 11 is 3.01. The molecule has 2 nitrogen and oxygen atoms in total. The Morgan fingerprint density at radius 2 is 2.00 bits per heavy atom. The van der Waals surface area contributed by atoms with Gasteiger partial charge in [-0.25, -0.2) is 8.78 Å². The van der Waals surface area contributed by atoms with Crippen molar-refractivity contribution in [2.24, 2.45) is 5.73 Å². The van der Waals surface area contributed by atoms with Gasteiger partial charge in [-0.3, -0.25) is 0 Å². The molecule has 0 aliphatic carbocycles. The molecule has 1 heterocycles. The van der Waals surface area contributed by atoms with Crippen LogP contribution in [0.1, 0.15) is 30.0 Å². The lowest BCUT2D eigenvalue weighted by Gasteiger charge is -2.12. The molecule has 0 radical (unpaired) electrons. The van der Waals surface area contributed by atoms with Gasteiger partial charge in [0.2, 0.25) is 0 Å². The Kier molecular flexibility index (Phi) is 3.82. The van der Waals surface area contributed by atoms with Crippen LogP contribution in [0.4, 0.5) is 8.78 Å². The van der Waals surface area contributed by atoms with Gasteiger partial charge < -0.3 is 10.2 Å². The van der Waals surface area contributed by atoms with Crippen molar-refractivity contribution in [1.29, 1.82) is 0 Å². The van der Waals surface area contributed by atoms with Gasteiger partial charge in [0, 0.05) is 12.0 Å². The van der Waals surface area contributed by atoms with E-state index >= 15 is 0 Å². The number of hydrogen-bond acceptors (Lipinski definition) is 2. The summed E-state index contributed by atoms with van der Waals surface area (Å²) in [6.07, 6.45) is 0.705. The zero-order valence-electron chi connectivity index (χ0n) is 9.71. The first-order valence-electron chi connectivity index (χ1n) is 5.52. The van der Waals surface area contributed by atoms with Crippen molar-refractivity contribution in [3.05, 3.63) is 57.5 Å². The lowest BCUT2D eigenvalue weighted by atomic mass is 10.0. The van der Waals surface area contributed by atoms with Crippen LogP contribution in [0.3, 0.4) is 0 Å². The molecule has 0 bridgehead atoms. The van der Waals surface area contributed by atoms with Gasteiger partial charge in [-0.1, -0.05) is 6.92 Å². The molecule has 0 aliphatic rings. The molecule has 0 saturated carbocycles. The topological polar surface area (TPSA) is 39.2 Å². The van der Waals surface area contributed by atoms with Gasteiger partial charge >= 0.3 is 0 Å². The van der Waals surface area contributed by atoms with Crippen LogP contribution < -0.4 is 5.73 Å². The molecule has 1 atom stereocenters. The van der Waals surface area contributed by atoms with Crippen LogP contribution in [0.15, 0.2) is 33.2 Å². The third-order valence-electron chi connectivity index (χ3n) is 2.73. The Hall–Kier alpha value is -1.20. The van der Waals surface area contributed by atoms with Gasteiger partial charge in [-0.05, 0) is 40.2 Å². The molecule has 0 amide bonds. The second-order valence-electron chi connectivity index (χ2n) is 3.89. The van der Waals surface area contributed by atoms with E-state index in [0.29, 0.717) is 12.2 Å². The summed E-state index contributed by atoms with van der Waals surface area (Å²) in [5, 5.41) is 0. The first-order chi connectivity index (χ1) is 8.54. The smallest absolute Gasteiger partial charge is 0.145 e. The summed E-state index contributed by atoms with van der Waals surface area (Å²) in [5.41, 5.74) is 5.67. The van der Waals surface area contributed by atoms with E-state index in [0.717, 1.165) is 5.76 Å². The van der Waals surface area contributed by atoms with E-state index in [1.54, 1.807) is 12.1 Å². The zero-order valence-corrected chi connectivity index (χ0v) is 11.3. The van der Waals surface area contributed by atoms with E-state index in [-0.39, 0.29) is 10.0 Å². The van der Waals surface area contributed by atoms with Crippen molar-refractivity contribution in [3.8, 4) is 0 Å². The Labute approximate surface area is 112 Å². The molecule has 2 N–H and O–H groups in total. The zero-order chi connectivity index (χ0) is 13.3. The number of hydrogen-bond donors (Lipinski definition) is 1. The summed E-state index contributed by atoms with van der Waals surface area (Å²) in [5.74, 6) is -0.298. The summed E-state index contributed by atoms with van der Waals surface area (Å²) < 4.78 is 33.2. The van der Waals surface area contributed by atoms with E-state index in [9.17, 15) is 8.78 Å². The third-order valence-corrected chi connectivity index (χ3v) is 3.34. The van der Waals surface area contributed by atoms with E-state index in [2.05, 4.69) is 15.9 Å². The molecule has 18 heavy (non-hydrogen) atoms. The second-order valence-corrected chi connectivity index (χ2v) is 4.75. The fraction of sp³-hybridized carbons (Fsp3) is 0.231. The first-order valence-corrected chi connectivity index (χ1v) is 6.31. The minimum atomic E-state index is -0.956. The molecule has 0 spiro atoms. The summed E-state index contributed by atoms with van der Waals surface area (Å²) in [7, 11) is 0. The van der Waals surface area contributed by atoms with Crippen molar-refractivity contribution in [3.63, 3.8) is 0 Å². The highest BCUT2D eigenvalue weighted by Crippen LogP contribution is 2.30. The lowest BCUT2D eigenvalue weighted by Crippen LogP contribution is -2.15. The fourth-order valence-electron chi connectivity index (χ4n) is 1.72. The van der Waals surface area contributed by atoms with Crippen molar-refractivity contribution >= 4 is 15.9 Å². The predicted octanol–water partition coefficient (Wildman–Crippen LogP) is 3.93. The molecule has 0 saturated heterocycles. The van der Waals surface area contributed by atoms with Crippen molar-refractivity contribution in [2.45, 2.75) is 19.4 Å². The largest absolute Gasteiger partial charge is 0.464 e. The Morgan fingerprint density at radius 3 is 2.61 bits per heavy atom. The SMILES string of the molecule is CCc1ccc(C(N)c2c(F)ccc(Br)c2F)o1. The molecule has 2 rings (SSSR count). The van der Waals surface area contributed by atoms with Crippen LogP contribution >= 0.6 is 15.9 Å². The average molecular weight is 316 g/mol. The van der Waals surface area contributed by atoms with E-state index < -0.39 is 17.7 Å². The van der Waals surface area contributed by atoms with E-state index in [1.165, 1.54) is 12.1 Å². The highest BCUT2D eigenvalue weighted by atomic mass is 79.9. The van der Waals surface area contributed by atoms with Crippen LogP contribution in [-0.2, 0) is 6.42 Å². The summed E-state index contributed by atoms with van der Waals surface area (Å²) in [6, 6.07) is 4.92. The third kappa shape index (κ3) is 2.33. The summed E-state index contributed by atoms with van der Waals surface area (Å²) in [6.45, 7) is 1.93. The Balaban J connectivity index is 2.45. The number of benzene rings is 1. The average Bonchev–Trinajstić information content (AvgIpc) is 2.83. The molecular weight excluding hydrogens is 304 g/mol. The number of halogens is 3. The lowest BCUT2D eigenvalue weighted by molar-refractivity contribution is 0.439. The van der Waals surface area contributed by atoms with Gasteiger partial charge in [-0.2, -0.15) is 0 Å². The molecule has 1 aromatic carbocycles. The van der Waals surface area contributed by atoms with E-state index in [4.69, 9.17) is 10.2 Å². The second kappa shape index (κ2) is 5.20. The van der Waals surface area contributed by atoms with Gasteiger partial charge in [0.1, 0.15) is 23.2 Å². The van der Waals surface area contributed by atoms with Gasteiger partial charge in [0.25, 0.3) is 0 Å². The van der Waals surface area contributed by atoms with Crippen molar-refractivity contribution < 1.29 is 13.2 Å². The normalized spacial score (nSPS) is 12.7. The minimum absolute atomic E-state index is 0.177. The van der Waals surface area contributed by atoms with Crippen LogP contribution in [0, 0.1) is 11.6 Å². The minimum Gasteiger partial charge on any atom is -0.464 e. The maximum atomic E-state index is 13.9. The van der Waals surface area contributed by atoms with Crippen molar-refractivity contribution in [2.75, 3.05) is 0 Å². The van der Waals surface area contributed by atoms with Gasteiger partial charge in [0.15, 0.2) is 0 Å². The number of aryl methyl sites for hydroxylation is 1. The molecular formula is C13H12BrF2NO. The van der Waals surface area contributed by atoms with Crippen LogP contribution in [0.5, 0.6) is 0 Å². The number of rotatable bonds is 3. The Morgan fingerprint density at radius 1 is 1.28 bits per heavy atom. The highest BCUT2D eigenvalue weighted by Gasteiger charge is 2.22. The molecule has 1 aromatic heterocycles. The maximum absolute atomic E-state index is 13.9.